The van der Waals surface area contributed by atoms with Gasteiger partial charge in [-0.2, -0.15) is 0 Å². The van der Waals surface area contributed by atoms with Crippen LogP contribution < -0.4 is 9.62 Å². The van der Waals surface area contributed by atoms with E-state index in [2.05, 4.69) is 9.71 Å². The number of hydrogen-bond acceptors (Lipinski definition) is 5. The number of carbonyl (C=O) groups is 1. The summed E-state index contributed by atoms with van der Waals surface area (Å²) in [4.78, 5) is 16.4. The minimum atomic E-state index is -3.98. The van der Waals surface area contributed by atoms with Gasteiger partial charge in [0.05, 0.1) is 5.69 Å². The average Bonchev–Trinajstić information content (AvgIpc) is 2.27. The highest BCUT2D eigenvalue weighted by molar-refractivity contribution is 7.94. The highest BCUT2D eigenvalue weighted by Crippen LogP contribution is 2.22. The summed E-state index contributed by atoms with van der Waals surface area (Å²) >= 11 is 0. The van der Waals surface area contributed by atoms with Crippen molar-refractivity contribution in [1.29, 1.82) is 0 Å². The second-order valence-electron chi connectivity index (χ2n) is 3.90. The van der Waals surface area contributed by atoms with Gasteiger partial charge in [0.1, 0.15) is 0 Å². The monoisotopic (exact) mass is 273 g/mol. The maximum Gasteiger partial charge on any atom is 0.323 e. The first-order valence-electron chi connectivity index (χ1n) is 5.12. The number of aromatic nitrogens is 1. The molecule has 0 bridgehead atoms. The summed E-state index contributed by atoms with van der Waals surface area (Å²) in [6.45, 7) is 1.11. The molecule has 0 spiro atoms. The van der Waals surface area contributed by atoms with Gasteiger partial charge in [-0.1, -0.05) is 0 Å². The molecule has 1 heterocycles. The molecule has 0 radical (unpaired) electrons. The van der Waals surface area contributed by atoms with E-state index in [9.17, 15) is 13.2 Å². The van der Waals surface area contributed by atoms with Gasteiger partial charge in [0.25, 0.3) is 0 Å². The Morgan fingerprint density at radius 1 is 1.50 bits per heavy atom. The number of carboxylic acid groups (broad SMARTS) is 1. The molecule has 0 aliphatic rings. The molecule has 1 atom stereocenters. The van der Waals surface area contributed by atoms with Gasteiger partial charge in [0, 0.05) is 20.3 Å². The van der Waals surface area contributed by atoms with Crippen LogP contribution in [0.25, 0.3) is 0 Å². The van der Waals surface area contributed by atoms with E-state index in [4.69, 9.17) is 5.11 Å². The summed E-state index contributed by atoms with van der Waals surface area (Å²) < 4.78 is 25.8. The first kappa shape index (κ1) is 14.2. The number of anilines is 2. The molecular weight excluding hydrogens is 258 g/mol. The van der Waals surface area contributed by atoms with Crippen molar-refractivity contribution in [3.8, 4) is 0 Å². The van der Waals surface area contributed by atoms with Crippen molar-refractivity contribution in [2.75, 3.05) is 23.7 Å². The zero-order valence-electron chi connectivity index (χ0n) is 10.3. The van der Waals surface area contributed by atoms with Crippen LogP contribution in [0.3, 0.4) is 0 Å². The number of rotatable bonds is 5. The van der Waals surface area contributed by atoms with Crippen molar-refractivity contribution < 1.29 is 18.3 Å². The first-order chi connectivity index (χ1) is 8.25. The summed E-state index contributed by atoms with van der Waals surface area (Å²) in [7, 11) is -0.567. The SMILES string of the molecule is CC(C(=O)O)S(=O)(=O)Nc1cccnc1N(C)C. The largest absolute Gasteiger partial charge is 0.480 e. The third kappa shape index (κ3) is 3.10. The average molecular weight is 273 g/mol. The number of sulfonamides is 1. The molecule has 7 nitrogen and oxygen atoms in total. The molecule has 18 heavy (non-hydrogen) atoms. The lowest BCUT2D eigenvalue weighted by Crippen LogP contribution is -2.32. The molecule has 0 aromatic carbocycles. The molecule has 1 unspecified atom stereocenters. The van der Waals surface area contributed by atoms with Crippen molar-refractivity contribution in [3.63, 3.8) is 0 Å². The van der Waals surface area contributed by atoms with Crippen LogP contribution in [0.4, 0.5) is 11.5 Å². The summed E-state index contributed by atoms with van der Waals surface area (Å²) in [6.07, 6.45) is 1.52. The molecule has 2 N–H and O–H groups in total. The van der Waals surface area contributed by atoms with Crippen LogP contribution in [0.15, 0.2) is 18.3 Å². The van der Waals surface area contributed by atoms with Gasteiger partial charge in [-0.25, -0.2) is 13.4 Å². The molecule has 1 aromatic heterocycles. The lowest BCUT2D eigenvalue weighted by atomic mass is 10.4. The van der Waals surface area contributed by atoms with Crippen LogP contribution in [-0.4, -0.2) is 43.8 Å². The van der Waals surface area contributed by atoms with Crippen molar-refractivity contribution in [2.45, 2.75) is 12.2 Å². The maximum absolute atomic E-state index is 11.8. The van der Waals surface area contributed by atoms with E-state index in [0.29, 0.717) is 5.82 Å². The molecule has 8 heteroatoms. The van der Waals surface area contributed by atoms with Crippen LogP contribution in [-0.2, 0) is 14.8 Å². The lowest BCUT2D eigenvalue weighted by Gasteiger charge is -2.18. The number of hydrogen-bond donors (Lipinski definition) is 2. The van der Waals surface area contributed by atoms with Crippen LogP contribution in [0.2, 0.25) is 0 Å². The molecular formula is C10H15N3O4S. The van der Waals surface area contributed by atoms with Gasteiger partial charge in [0.15, 0.2) is 11.1 Å². The predicted octanol–water partition coefficient (Wildman–Crippen LogP) is 0.362. The standard InChI is InChI=1S/C10H15N3O4S/c1-7(10(14)15)18(16,17)12-8-5-4-6-11-9(8)13(2)3/h4-7,12H,1-3H3,(H,14,15). The van der Waals surface area contributed by atoms with Crippen LogP contribution >= 0.6 is 0 Å². The van der Waals surface area contributed by atoms with Crippen molar-refractivity contribution in [1.82, 2.24) is 4.98 Å². The molecule has 0 aliphatic heterocycles. The Morgan fingerprint density at radius 3 is 2.61 bits per heavy atom. The van der Waals surface area contributed by atoms with E-state index in [1.165, 1.54) is 12.3 Å². The molecule has 0 aliphatic carbocycles. The number of carboxylic acids is 1. The van der Waals surface area contributed by atoms with E-state index in [1.54, 1.807) is 25.1 Å². The Balaban J connectivity index is 3.09. The Labute approximate surface area is 106 Å². The Bertz CT molecular complexity index is 542. The molecule has 0 fully saturated rings. The van der Waals surface area contributed by atoms with Crippen LogP contribution in [0.1, 0.15) is 6.92 Å². The predicted molar refractivity (Wildman–Crippen MR) is 68.2 cm³/mol. The summed E-state index contributed by atoms with van der Waals surface area (Å²) in [6, 6.07) is 3.09. The van der Waals surface area contributed by atoms with Crippen LogP contribution in [0, 0.1) is 0 Å². The fourth-order valence-electron chi connectivity index (χ4n) is 1.21. The van der Waals surface area contributed by atoms with Gasteiger partial charge in [-0.15, -0.1) is 0 Å². The normalized spacial score (nSPS) is 12.8. The minimum Gasteiger partial charge on any atom is -0.480 e. The van der Waals surface area contributed by atoms with Gasteiger partial charge in [-0.3, -0.25) is 9.52 Å². The number of pyridine rings is 1. The van der Waals surface area contributed by atoms with E-state index in [-0.39, 0.29) is 5.69 Å². The summed E-state index contributed by atoms with van der Waals surface area (Å²) in [5, 5.41) is 7.19. The fourth-order valence-corrected chi connectivity index (χ4v) is 2.12. The zero-order valence-corrected chi connectivity index (χ0v) is 11.1. The smallest absolute Gasteiger partial charge is 0.323 e. The first-order valence-corrected chi connectivity index (χ1v) is 6.67. The van der Waals surface area contributed by atoms with Crippen molar-refractivity contribution in [3.05, 3.63) is 18.3 Å². The lowest BCUT2D eigenvalue weighted by molar-refractivity contribution is -0.136. The molecule has 0 amide bonds. The highest BCUT2D eigenvalue weighted by Gasteiger charge is 2.28. The van der Waals surface area contributed by atoms with E-state index < -0.39 is 21.2 Å². The van der Waals surface area contributed by atoms with E-state index >= 15 is 0 Å². The van der Waals surface area contributed by atoms with E-state index in [1.807, 2.05) is 0 Å². The van der Waals surface area contributed by atoms with Crippen molar-refractivity contribution in [2.24, 2.45) is 0 Å². The highest BCUT2D eigenvalue weighted by atomic mass is 32.2. The second-order valence-corrected chi connectivity index (χ2v) is 5.90. The Morgan fingerprint density at radius 2 is 2.11 bits per heavy atom. The molecule has 0 saturated carbocycles. The molecule has 100 valence electrons. The fraction of sp³-hybridized carbons (Fsp3) is 0.400. The quantitative estimate of drug-likeness (QED) is 0.803. The van der Waals surface area contributed by atoms with Gasteiger partial charge < -0.3 is 10.0 Å². The number of aliphatic carboxylic acids is 1. The molecule has 1 rings (SSSR count). The Hall–Kier alpha value is -1.83. The summed E-state index contributed by atoms with van der Waals surface area (Å²) in [5.74, 6) is -0.989. The molecule has 0 saturated heterocycles. The van der Waals surface area contributed by atoms with Gasteiger partial charge in [-0.05, 0) is 19.1 Å². The van der Waals surface area contributed by atoms with E-state index in [0.717, 1.165) is 6.92 Å². The van der Waals surface area contributed by atoms with Gasteiger partial charge >= 0.3 is 5.97 Å². The third-order valence-electron chi connectivity index (χ3n) is 2.28. The maximum atomic E-state index is 11.8. The number of nitrogens with zero attached hydrogens (tertiary/aromatic N) is 2. The van der Waals surface area contributed by atoms with Crippen LogP contribution in [0.5, 0.6) is 0 Å². The van der Waals surface area contributed by atoms with Crippen molar-refractivity contribution >= 4 is 27.5 Å². The minimum absolute atomic E-state index is 0.246. The number of nitrogens with one attached hydrogen (secondary N) is 1. The molecule has 1 aromatic rings. The summed E-state index contributed by atoms with van der Waals surface area (Å²) in [5.41, 5.74) is 0.246. The zero-order chi connectivity index (χ0) is 13.9. The third-order valence-corrected chi connectivity index (χ3v) is 3.91. The van der Waals surface area contributed by atoms with Gasteiger partial charge in [0.2, 0.25) is 10.0 Å². The topological polar surface area (TPSA) is 99.6 Å². The Kier molecular flexibility index (Phi) is 4.12. The second kappa shape index (κ2) is 5.21.